The predicted octanol–water partition coefficient (Wildman–Crippen LogP) is 2.63. The first-order valence-corrected chi connectivity index (χ1v) is 9.50. The van der Waals surface area contributed by atoms with E-state index in [2.05, 4.69) is 41.2 Å². The van der Waals surface area contributed by atoms with Gasteiger partial charge in [-0.1, -0.05) is 0 Å². The molecule has 2 aromatic rings. The van der Waals surface area contributed by atoms with E-state index in [-0.39, 0.29) is 0 Å². The Morgan fingerprint density at radius 2 is 2.20 bits per heavy atom. The maximum absolute atomic E-state index is 8.83. The third-order valence-electron chi connectivity index (χ3n) is 5.07. The van der Waals surface area contributed by atoms with Gasteiger partial charge in [0.2, 0.25) is 11.1 Å². The fourth-order valence-electron chi connectivity index (χ4n) is 4.04. The first-order chi connectivity index (χ1) is 12.2. The van der Waals surface area contributed by atoms with Crippen LogP contribution in [0.5, 0.6) is 0 Å². The quantitative estimate of drug-likeness (QED) is 0.729. The summed E-state index contributed by atoms with van der Waals surface area (Å²) in [4.78, 5) is 7.06. The number of aromatic nitrogens is 4. The van der Waals surface area contributed by atoms with E-state index >= 15 is 0 Å². The Morgan fingerprint density at radius 3 is 2.88 bits per heavy atom. The molecule has 0 saturated carbocycles. The van der Waals surface area contributed by atoms with Crippen molar-refractivity contribution in [2.75, 3.05) is 17.2 Å². The first-order valence-electron chi connectivity index (χ1n) is 8.73. The number of nitrogens with zero attached hydrogens (tertiary/aromatic N) is 5. The molecule has 1 unspecified atom stereocenters. The molecule has 2 fully saturated rings. The van der Waals surface area contributed by atoms with Gasteiger partial charge in [0, 0.05) is 54.4 Å². The molecule has 25 heavy (non-hydrogen) atoms. The van der Waals surface area contributed by atoms with Gasteiger partial charge in [-0.2, -0.15) is 19.7 Å². The van der Waals surface area contributed by atoms with Gasteiger partial charge in [-0.05, 0) is 32.6 Å². The Kier molecular flexibility index (Phi) is 4.55. The number of hydrogen-bond donors (Lipinski definition) is 3. The molecule has 3 N–H and O–H groups in total. The lowest BCUT2D eigenvalue weighted by atomic mass is 9.97. The number of nitrogens with one attached hydrogen (secondary N) is 3. The van der Waals surface area contributed by atoms with Crippen molar-refractivity contribution in [2.45, 2.75) is 57.2 Å². The van der Waals surface area contributed by atoms with Crippen molar-refractivity contribution in [2.24, 2.45) is 0 Å². The summed E-state index contributed by atoms with van der Waals surface area (Å²) in [5.41, 5.74) is 0.995. The molecule has 0 aliphatic carbocycles. The van der Waals surface area contributed by atoms with Gasteiger partial charge >= 0.3 is 0 Å². The van der Waals surface area contributed by atoms with E-state index in [9.17, 15) is 0 Å². The molecule has 2 bridgehead atoms. The molecule has 2 aliphatic heterocycles. The lowest BCUT2D eigenvalue weighted by molar-refractivity contribution is 0.136. The van der Waals surface area contributed by atoms with Crippen LogP contribution in [0.4, 0.5) is 16.9 Å². The summed E-state index contributed by atoms with van der Waals surface area (Å²) in [5.74, 6) is 1.30. The molecule has 4 rings (SSSR count). The van der Waals surface area contributed by atoms with Crippen molar-refractivity contribution >= 4 is 28.4 Å². The van der Waals surface area contributed by atoms with Gasteiger partial charge in [0.1, 0.15) is 0 Å². The minimum Gasteiger partial charge on any atom is -0.357 e. The smallest absolute Gasteiger partial charge is 0.242 e. The van der Waals surface area contributed by atoms with E-state index in [1.807, 2.05) is 13.0 Å². The van der Waals surface area contributed by atoms with Crippen molar-refractivity contribution < 1.29 is 0 Å². The highest BCUT2D eigenvalue weighted by Crippen LogP contribution is 2.37. The van der Waals surface area contributed by atoms with E-state index in [4.69, 9.17) is 5.26 Å². The Morgan fingerprint density at radius 1 is 1.40 bits per heavy atom. The van der Waals surface area contributed by atoms with Crippen LogP contribution in [0.15, 0.2) is 6.07 Å². The topological polar surface area (TPSA) is 106 Å². The van der Waals surface area contributed by atoms with Crippen LogP contribution in [-0.2, 0) is 0 Å². The van der Waals surface area contributed by atoms with Crippen LogP contribution >= 0.6 is 11.5 Å². The van der Waals surface area contributed by atoms with E-state index in [1.165, 1.54) is 24.4 Å². The van der Waals surface area contributed by atoms with E-state index in [0.29, 0.717) is 30.5 Å². The molecular formula is C16H22N8S. The van der Waals surface area contributed by atoms with Crippen LogP contribution in [0.2, 0.25) is 0 Å². The molecule has 2 aromatic heterocycles. The number of hydrogen-bond acceptors (Lipinski definition) is 8. The lowest BCUT2D eigenvalue weighted by Crippen LogP contribution is -2.47. The maximum atomic E-state index is 8.83. The Balaban J connectivity index is 1.34. The van der Waals surface area contributed by atoms with Gasteiger partial charge in [-0.3, -0.25) is 10.00 Å². The minimum absolute atomic E-state index is 0.435. The molecule has 9 heteroatoms. The monoisotopic (exact) mass is 358 g/mol. The first kappa shape index (κ1) is 16.3. The predicted molar refractivity (Wildman–Crippen MR) is 96.9 cm³/mol. The van der Waals surface area contributed by atoms with Crippen molar-refractivity contribution in [1.82, 2.24) is 24.5 Å². The highest BCUT2D eigenvalue weighted by molar-refractivity contribution is 7.09. The number of H-pyrrole nitrogens is 1. The zero-order valence-corrected chi connectivity index (χ0v) is 15.0. The van der Waals surface area contributed by atoms with Crippen molar-refractivity contribution in [3.05, 3.63) is 11.8 Å². The molecule has 0 spiro atoms. The number of aromatic amines is 1. The van der Waals surface area contributed by atoms with Crippen LogP contribution < -0.4 is 10.6 Å². The summed E-state index contributed by atoms with van der Waals surface area (Å²) in [6.07, 6.45) is 5.35. The van der Waals surface area contributed by atoms with E-state index in [1.54, 1.807) is 0 Å². The van der Waals surface area contributed by atoms with Crippen LogP contribution in [0.1, 0.15) is 37.8 Å². The van der Waals surface area contributed by atoms with Gasteiger partial charge in [0.15, 0.2) is 5.82 Å². The number of piperidine rings is 1. The fourth-order valence-corrected chi connectivity index (χ4v) is 4.65. The SMILES string of the molecule is Cc1cc(Nc2nsc(NC3C[C@H]4CC[C@@H](C3)N4CCC#N)n2)n[nH]1. The van der Waals surface area contributed by atoms with Crippen LogP contribution in [-0.4, -0.2) is 49.1 Å². The Hall–Kier alpha value is -2.18. The number of fused-ring (bicyclic) bond motifs is 2. The minimum atomic E-state index is 0.435. The molecule has 2 saturated heterocycles. The maximum Gasteiger partial charge on any atom is 0.242 e. The van der Waals surface area contributed by atoms with Crippen LogP contribution in [0.25, 0.3) is 0 Å². The van der Waals surface area contributed by atoms with E-state index < -0.39 is 0 Å². The van der Waals surface area contributed by atoms with Crippen molar-refractivity contribution in [1.29, 1.82) is 5.26 Å². The Labute approximate surface area is 150 Å². The van der Waals surface area contributed by atoms with Gasteiger partial charge in [-0.15, -0.1) is 0 Å². The average molecular weight is 358 g/mol. The Bertz CT molecular complexity index is 748. The fraction of sp³-hybridized carbons (Fsp3) is 0.625. The summed E-state index contributed by atoms with van der Waals surface area (Å²) in [5, 5.41) is 23.4. The molecule has 0 radical (unpaired) electrons. The lowest BCUT2D eigenvalue weighted by Gasteiger charge is -2.38. The summed E-state index contributed by atoms with van der Waals surface area (Å²) in [6.45, 7) is 2.87. The van der Waals surface area contributed by atoms with Crippen LogP contribution in [0, 0.1) is 18.3 Å². The van der Waals surface area contributed by atoms with Gasteiger partial charge < -0.3 is 10.6 Å². The normalized spacial score (nSPS) is 25.7. The van der Waals surface area contributed by atoms with Crippen molar-refractivity contribution in [3.63, 3.8) is 0 Å². The number of aryl methyl sites for hydroxylation is 1. The molecule has 4 heterocycles. The molecule has 132 valence electrons. The van der Waals surface area contributed by atoms with Crippen LogP contribution in [0.3, 0.4) is 0 Å². The molecule has 8 nitrogen and oxygen atoms in total. The summed E-state index contributed by atoms with van der Waals surface area (Å²) in [6, 6.07) is 5.82. The second kappa shape index (κ2) is 6.98. The number of anilines is 3. The van der Waals surface area contributed by atoms with Crippen molar-refractivity contribution in [3.8, 4) is 6.07 Å². The third-order valence-corrected chi connectivity index (χ3v) is 5.71. The number of nitriles is 1. The molecule has 3 atom stereocenters. The average Bonchev–Trinajstić information content (AvgIpc) is 3.26. The standard InChI is InChI=1S/C16H22N8S/c1-10-7-14(22-21-10)19-15-20-16(25-23-15)18-11-8-12-3-4-13(9-11)24(12)6-2-5-17/h7,11-13H,2-4,6,8-9H2,1H3,(H3,18,19,20,21,22,23)/t11?,12-,13+. The highest BCUT2D eigenvalue weighted by atomic mass is 32.1. The molecule has 0 amide bonds. The summed E-state index contributed by atoms with van der Waals surface area (Å²) < 4.78 is 4.35. The second-order valence-electron chi connectivity index (χ2n) is 6.83. The summed E-state index contributed by atoms with van der Waals surface area (Å²) >= 11 is 1.38. The van der Waals surface area contributed by atoms with Gasteiger partial charge in [0.05, 0.1) is 6.07 Å². The second-order valence-corrected chi connectivity index (χ2v) is 7.58. The molecular weight excluding hydrogens is 336 g/mol. The largest absolute Gasteiger partial charge is 0.357 e. The zero-order valence-electron chi connectivity index (χ0n) is 14.2. The van der Waals surface area contributed by atoms with Gasteiger partial charge in [0.25, 0.3) is 0 Å². The molecule has 0 aromatic carbocycles. The summed E-state index contributed by atoms with van der Waals surface area (Å²) in [7, 11) is 0. The number of rotatable bonds is 6. The third kappa shape index (κ3) is 3.60. The van der Waals surface area contributed by atoms with E-state index in [0.717, 1.165) is 36.0 Å². The van der Waals surface area contributed by atoms with Gasteiger partial charge in [-0.25, -0.2) is 0 Å². The highest BCUT2D eigenvalue weighted by Gasteiger charge is 2.40. The molecule has 2 aliphatic rings. The zero-order chi connectivity index (χ0) is 17.2.